The summed E-state index contributed by atoms with van der Waals surface area (Å²) in [5.41, 5.74) is 10.3. The minimum absolute atomic E-state index is 0.729. The molecule has 2 nitrogen and oxygen atoms in total. The van der Waals surface area contributed by atoms with E-state index in [1.807, 2.05) is 24.5 Å². The largest absolute Gasteiger partial charge is 0.297 e. The van der Waals surface area contributed by atoms with Gasteiger partial charge in [-0.05, 0) is 56.8 Å². The van der Waals surface area contributed by atoms with Crippen molar-refractivity contribution >= 4 is 33.4 Å². The summed E-state index contributed by atoms with van der Waals surface area (Å²) in [6.45, 7) is 0. The van der Waals surface area contributed by atoms with E-state index in [-0.39, 0.29) is 0 Å². The molecular weight excluding hydrogens is 412 g/mol. The van der Waals surface area contributed by atoms with E-state index in [0.717, 1.165) is 32.9 Å². The van der Waals surface area contributed by atoms with Crippen molar-refractivity contribution in [2.24, 2.45) is 0 Å². The molecule has 0 amide bonds. The van der Waals surface area contributed by atoms with E-state index in [4.69, 9.17) is 11.6 Å². The van der Waals surface area contributed by atoms with Gasteiger partial charge in [0, 0.05) is 5.56 Å². The number of para-hydroxylation sites is 2. The minimum Gasteiger partial charge on any atom is -0.297 e. The van der Waals surface area contributed by atoms with Crippen molar-refractivity contribution in [1.29, 1.82) is 0 Å². The Morgan fingerprint density at radius 1 is 0.562 bits per heavy atom. The summed E-state index contributed by atoms with van der Waals surface area (Å²) in [5, 5.41) is 3.26. The van der Waals surface area contributed by atoms with E-state index in [2.05, 4.69) is 88.4 Å². The molecule has 0 spiro atoms. The standard InChI is InChI=1S/C29H17ClN2/c30-29-24(11-6-14-27(29)32-17-31-25-12-3-4-13-26(25)32)20-15-16-23-19-8-2-1-7-18(19)21-9-5-10-22(20)28(21)23/h1-17H. The molecule has 0 N–H and O–H groups in total. The van der Waals surface area contributed by atoms with Crippen molar-refractivity contribution in [2.45, 2.75) is 0 Å². The van der Waals surface area contributed by atoms with E-state index < -0.39 is 0 Å². The minimum atomic E-state index is 0.729. The molecule has 0 fully saturated rings. The van der Waals surface area contributed by atoms with Gasteiger partial charge in [0.25, 0.3) is 0 Å². The lowest BCUT2D eigenvalue weighted by Crippen LogP contribution is -1.95. The van der Waals surface area contributed by atoms with Gasteiger partial charge in [0.15, 0.2) is 0 Å². The zero-order valence-corrected chi connectivity index (χ0v) is 17.8. The number of fused-ring (bicyclic) bond motifs is 4. The van der Waals surface area contributed by atoms with E-state index in [0.29, 0.717) is 0 Å². The molecule has 0 saturated carbocycles. The Kier molecular flexibility index (Phi) is 3.64. The molecule has 5 aromatic carbocycles. The second-order valence-corrected chi connectivity index (χ2v) is 8.55. The molecule has 150 valence electrons. The topological polar surface area (TPSA) is 17.8 Å². The van der Waals surface area contributed by atoms with Crippen LogP contribution in [0.1, 0.15) is 0 Å². The highest BCUT2D eigenvalue weighted by atomic mass is 35.5. The Balaban J connectivity index is 1.49. The van der Waals surface area contributed by atoms with Crippen molar-refractivity contribution in [3.63, 3.8) is 0 Å². The molecule has 32 heavy (non-hydrogen) atoms. The van der Waals surface area contributed by atoms with Crippen molar-refractivity contribution in [1.82, 2.24) is 9.55 Å². The van der Waals surface area contributed by atoms with Crippen molar-refractivity contribution in [3.05, 3.63) is 108 Å². The van der Waals surface area contributed by atoms with Gasteiger partial charge in [0.05, 0.1) is 21.7 Å². The van der Waals surface area contributed by atoms with Gasteiger partial charge in [-0.3, -0.25) is 4.57 Å². The third-order valence-corrected chi connectivity index (χ3v) is 6.93. The molecule has 0 saturated heterocycles. The molecule has 7 rings (SSSR count). The van der Waals surface area contributed by atoms with Crippen LogP contribution in [-0.4, -0.2) is 9.55 Å². The predicted octanol–water partition coefficient (Wildman–Crippen LogP) is 8.15. The first-order chi connectivity index (χ1) is 15.8. The Morgan fingerprint density at radius 3 is 2.09 bits per heavy atom. The van der Waals surface area contributed by atoms with Gasteiger partial charge >= 0.3 is 0 Å². The Labute approximate surface area is 190 Å². The van der Waals surface area contributed by atoms with Gasteiger partial charge < -0.3 is 0 Å². The Hall–Kier alpha value is -3.88. The summed E-state index contributed by atoms with van der Waals surface area (Å²) >= 11 is 7.07. The zero-order chi connectivity index (χ0) is 21.2. The fraction of sp³-hybridized carbons (Fsp3) is 0. The van der Waals surface area contributed by atoms with Gasteiger partial charge in [-0.15, -0.1) is 0 Å². The zero-order valence-electron chi connectivity index (χ0n) is 17.1. The quantitative estimate of drug-likeness (QED) is 0.271. The van der Waals surface area contributed by atoms with E-state index >= 15 is 0 Å². The second-order valence-electron chi connectivity index (χ2n) is 8.18. The number of imidazole rings is 1. The molecule has 1 aliphatic rings. The summed E-state index contributed by atoms with van der Waals surface area (Å²) in [6, 6.07) is 34.0. The molecule has 0 unspecified atom stereocenters. The maximum absolute atomic E-state index is 7.07. The second kappa shape index (κ2) is 6.56. The average Bonchev–Trinajstić information content (AvgIpc) is 3.41. The van der Waals surface area contributed by atoms with Gasteiger partial charge in [-0.25, -0.2) is 4.98 Å². The van der Waals surface area contributed by atoms with Crippen LogP contribution in [0.15, 0.2) is 103 Å². The average molecular weight is 429 g/mol. The maximum atomic E-state index is 7.07. The third-order valence-electron chi connectivity index (χ3n) is 6.53. The van der Waals surface area contributed by atoms with Crippen LogP contribution in [0.5, 0.6) is 0 Å². The molecule has 1 heterocycles. The third kappa shape index (κ3) is 2.33. The maximum Gasteiger partial charge on any atom is 0.100 e. The number of rotatable bonds is 2. The molecule has 0 aliphatic heterocycles. The monoisotopic (exact) mass is 428 g/mol. The first-order valence-corrected chi connectivity index (χ1v) is 11.1. The van der Waals surface area contributed by atoms with Crippen LogP contribution < -0.4 is 0 Å². The van der Waals surface area contributed by atoms with Gasteiger partial charge in [-0.1, -0.05) is 90.5 Å². The molecule has 0 atom stereocenters. The van der Waals surface area contributed by atoms with Crippen LogP contribution in [-0.2, 0) is 0 Å². The molecule has 1 aliphatic carbocycles. The molecule has 1 aromatic heterocycles. The predicted molar refractivity (Wildman–Crippen MR) is 133 cm³/mol. The van der Waals surface area contributed by atoms with Crippen molar-refractivity contribution in [3.8, 4) is 39.1 Å². The van der Waals surface area contributed by atoms with Crippen LogP contribution in [0.25, 0.3) is 60.9 Å². The van der Waals surface area contributed by atoms with E-state index in [1.54, 1.807) is 0 Å². The fourth-order valence-electron chi connectivity index (χ4n) is 5.11. The summed E-state index contributed by atoms with van der Waals surface area (Å²) in [6.07, 6.45) is 1.85. The van der Waals surface area contributed by atoms with Gasteiger partial charge in [-0.2, -0.15) is 0 Å². The summed E-state index contributed by atoms with van der Waals surface area (Å²) in [5.74, 6) is 0. The highest BCUT2D eigenvalue weighted by molar-refractivity contribution is 6.36. The first-order valence-electron chi connectivity index (χ1n) is 10.7. The van der Waals surface area contributed by atoms with Crippen LogP contribution in [0, 0.1) is 0 Å². The lowest BCUT2D eigenvalue weighted by Gasteiger charge is -2.14. The Bertz CT molecular complexity index is 1660. The molecule has 6 aromatic rings. The van der Waals surface area contributed by atoms with Crippen LogP contribution in [0.4, 0.5) is 0 Å². The SMILES string of the molecule is Clc1c(-c2ccc3c4c(cccc24)-c2ccccc2-3)cccc1-n1cnc2ccccc21. The number of benzene rings is 5. The summed E-state index contributed by atoms with van der Waals surface area (Å²) < 4.78 is 2.07. The number of nitrogens with zero attached hydrogens (tertiary/aromatic N) is 2. The van der Waals surface area contributed by atoms with E-state index in [9.17, 15) is 0 Å². The molecule has 3 heteroatoms. The number of halogens is 1. The first kappa shape index (κ1) is 17.8. The summed E-state index contributed by atoms with van der Waals surface area (Å²) in [4.78, 5) is 4.55. The van der Waals surface area contributed by atoms with Gasteiger partial charge in [0.1, 0.15) is 6.33 Å². The Morgan fingerprint density at radius 2 is 1.22 bits per heavy atom. The summed E-state index contributed by atoms with van der Waals surface area (Å²) in [7, 11) is 0. The molecular formula is C29H17ClN2. The van der Waals surface area contributed by atoms with Crippen molar-refractivity contribution < 1.29 is 0 Å². The van der Waals surface area contributed by atoms with Crippen LogP contribution in [0.3, 0.4) is 0 Å². The number of hydrogen-bond donors (Lipinski definition) is 0. The van der Waals surface area contributed by atoms with Crippen LogP contribution in [0.2, 0.25) is 5.02 Å². The highest BCUT2D eigenvalue weighted by Gasteiger charge is 2.23. The van der Waals surface area contributed by atoms with Crippen molar-refractivity contribution in [2.75, 3.05) is 0 Å². The number of hydrogen-bond acceptors (Lipinski definition) is 1. The molecule has 0 radical (unpaired) electrons. The fourth-order valence-corrected chi connectivity index (χ4v) is 5.43. The lowest BCUT2D eigenvalue weighted by molar-refractivity contribution is 1.09. The van der Waals surface area contributed by atoms with Gasteiger partial charge in [0.2, 0.25) is 0 Å². The number of aromatic nitrogens is 2. The lowest BCUT2D eigenvalue weighted by atomic mass is 9.94. The van der Waals surface area contributed by atoms with Crippen LogP contribution >= 0.6 is 11.6 Å². The molecule has 0 bridgehead atoms. The smallest absolute Gasteiger partial charge is 0.100 e. The normalized spacial score (nSPS) is 11.9. The highest BCUT2D eigenvalue weighted by Crippen LogP contribution is 2.49. The van der Waals surface area contributed by atoms with E-state index in [1.165, 1.54) is 33.0 Å².